The van der Waals surface area contributed by atoms with Crippen LogP contribution in [0, 0.1) is 13.8 Å². The maximum absolute atomic E-state index is 14.3. The van der Waals surface area contributed by atoms with Crippen molar-refractivity contribution >= 4 is 29.3 Å². The molecule has 12 heteroatoms. The third kappa shape index (κ3) is 8.05. The summed E-state index contributed by atoms with van der Waals surface area (Å²) in [6, 6.07) is 9.46. The molecule has 3 aromatic rings. The second-order valence-corrected chi connectivity index (χ2v) is 11.7. The van der Waals surface area contributed by atoms with Gasteiger partial charge in [-0.1, -0.05) is 24.8 Å². The molecule has 1 aromatic carbocycles. The quantitative estimate of drug-likeness (QED) is 0.253. The molecule has 2 aromatic heterocycles. The smallest absolute Gasteiger partial charge is 0.411 e. The highest BCUT2D eigenvalue weighted by Gasteiger charge is 2.30. The number of aromatic nitrogens is 2. The molecule has 0 spiro atoms. The van der Waals surface area contributed by atoms with Gasteiger partial charge in [-0.2, -0.15) is 4.58 Å². The molecular weight excluding hydrogens is 594 g/mol. The molecule has 1 N–H and O–H groups in total. The lowest BCUT2D eigenvalue weighted by atomic mass is 10.0. The Morgan fingerprint density at radius 1 is 1.13 bits per heavy atom. The number of ether oxygens (including phenoxy) is 1. The Hall–Kier alpha value is -4.84. The molecule has 0 aliphatic carbocycles. The minimum absolute atomic E-state index is 0.132. The van der Waals surface area contributed by atoms with Crippen LogP contribution in [0.3, 0.4) is 0 Å². The first kappa shape index (κ1) is 34.0. The number of pyridine rings is 2. The molecule has 3 amide bonds. The molecule has 0 unspecified atom stereocenters. The average Bonchev–Trinajstić information content (AvgIpc) is 3.00. The zero-order chi connectivity index (χ0) is 33.8. The van der Waals surface area contributed by atoms with Crippen molar-refractivity contribution < 1.29 is 32.5 Å². The van der Waals surface area contributed by atoms with Crippen molar-refractivity contribution in [2.75, 3.05) is 45.6 Å². The molecule has 4 rings (SSSR count). The van der Waals surface area contributed by atoms with E-state index in [0.717, 1.165) is 12.6 Å². The van der Waals surface area contributed by atoms with Crippen molar-refractivity contribution in [2.45, 2.75) is 39.7 Å². The topological polar surface area (TPSA) is 108 Å². The summed E-state index contributed by atoms with van der Waals surface area (Å²) >= 11 is 0. The number of carbonyl (C=O) groups is 3. The van der Waals surface area contributed by atoms with Gasteiger partial charge in [0.1, 0.15) is 23.4 Å². The molecule has 0 fully saturated rings. The lowest BCUT2D eigenvalue weighted by Crippen LogP contribution is -2.47. The van der Waals surface area contributed by atoms with Crippen LogP contribution in [0.2, 0.25) is 0 Å². The molecular formula is C34H39F2N6O4+. The van der Waals surface area contributed by atoms with Gasteiger partial charge in [0.05, 0.1) is 24.8 Å². The van der Waals surface area contributed by atoms with E-state index in [1.165, 1.54) is 35.5 Å². The van der Waals surface area contributed by atoms with Crippen molar-refractivity contribution in [1.29, 1.82) is 0 Å². The van der Waals surface area contributed by atoms with E-state index in [-0.39, 0.29) is 23.1 Å². The van der Waals surface area contributed by atoms with E-state index in [0.29, 0.717) is 60.0 Å². The number of amides is 3. The number of benzene rings is 1. The van der Waals surface area contributed by atoms with Gasteiger partial charge >= 0.3 is 5.91 Å². The minimum Gasteiger partial charge on any atom is -0.483 e. The van der Waals surface area contributed by atoms with Gasteiger partial charge in [0.25, 0.3) is 17.7 Å². The monoisotopic (exact) mass is 633 g/mol. The third-order valence-corrected chi connectivity index (χ3v) is 7.69. The molecule has 10 nitrogen and oxygen atoms in total. The summed E-state index contributed by atoms with van der Waals surface area (Å²) < 4.78 is 36.6. The van der Waals surface area contributed by atoms with Crippen LogP contribution < -0.4 is 10.1 Å². The number of anilines is 1. The van der Waals surface area contributed by atoms with Crippen LogP contribution in [0.1, 0.15) is 63.1 Å². The van der Waals surface area contributed by atoms with Gasteiger partial charge < -0.3 is 15.0 Å². The molecule has 46 heavy (non-hydrogen) atoms. The van der Waals surface area contributed by atoms with Crippen molar-refractivity contribution in [3.63, 3.8) is 0 Å². The Labute approximate surface area is 267 Å². The normalized spacial score (nSPS) is 14.4. The maximum Gasteiger partial charge on any atom is 0.411 e. The Bertz CT molecular complexity index is 1700. The van der Waals surface area contributed by atoms with Gasteiger partial charge in [-0.3, -0.25) is 14.5 Å². The van der Waals surface area contributed by atoms with Crippen LogP contribution in [-0.2, 0) is 10.7 Å². The summed E-state index contributed by atoms with van der Waals surface area (Å²) in [6.45, 7) is 11.6. The highest BCUT2D eigenvalue weighted by Crippen LogP contribution is 2.31. The van der Waals surface area contributed by atoms with Gasteiger partial charge in [-0.25, -0.2) is 23.5 Å². The lowest BCUT2D eigenvalue weighted by Gasteiger charge is -2.30. The highest BCUT2D eigenvalue weighted by atomic mass is 19.3. The summed E-state index contributed by atoms with van der Waals surface area (Å²) in [5.74, 6) is -3.24. The van der Waals surface area contributed by atoms with Crippen LogP contribution in [0.5, 0.6) is 5.75 Å². The number of hydrogen-bond acceptors (Lipinski definition) is 7. The summed E-state index contributed by atoms with van der Waals surface area (Å²) in [5.41, 5.74) is 2.97. The summed E-state index contributed by atoms with van der Waals surface area (Å²) in [5, 5.41) is 2.75. The van der Waals surface area contributed by atoms with Crippen LogP contribution >= 0.6 is 0 Å². The summed E-state index contributed by atoms with van der Waals surface area (Å²) in [7, 11) is 3.29. The fourth-order valence-corrected chi connectivity index (χ4v) is 5.20. The number of nitrogens with zero attached hydrogens (tertiary/aromatic N) is 5. The molecule has 1 aliphatic heterocycles. The third-order valence-electron chi connectivity index (χ3n) is 7.69. The molecule has 1 atom stereocenters. The fourth-order valence-electron chi connectivity index (χ4n) is 5.20. The van der Waals surface area contributed by atoms with Crippen LogP contribution in [0.4, 0.5) is 14.6 Å². The summed E-state index contributed by atoms with van der Waals surface area (Å²) in [6.07, 6.45) is 3.45. The Balaban J connectivity index is 1.56. The molecule has 242 valence electrons. The Morgan fingerprint density at radius 3 is 2.48 bits per heavy atom. The highest BCUT2D eigenvalue weighted by molar-refractivity contribution is 6.04. The number of aryl methyl sites for hydroxylation is 2. The van der Waals surface area contributed by atoms with E-state index in [9.17, 15) is 23.2 Å². The predicted octanol–water partition coefficient (Wildman–Crippen LogP) is 4.78. The number of alkyl halides is 2. The van der Waals surface area contributed by atoms with E-state index in [2.05, 4.69) is 26.8 Å². The van der Waals surface area contributed by atoms with Crippen LogP contribution in [0.15, 0.2) is 61.4 Å². The van der Waals surface area contributed by atoms with Gasteiger partial charge in [0.15, 0.2) is 12.3 Å². The first-order valence-electron chi connectivity index (χ1n) is 14.8. The predicted molar refractivity (Wildman–Crippen MR) is 171 cm³/mol. The second kappa shape index (κ2) is 14.1. The molecule has 0 saturated heterocycles. The number of hydrogen-bond donors (Lipinski definition) is 1. The van der Waals surface area contributed by atoms with E-state index >= 15 is 0 Å². The second-order valence-electron chi connectivity index (χ2n) is 11.7. The first-order chi connectivity index (χ1) is 21.7. The van der Waals surface area contributed by atoms with Crippen molar-refractivity contribution in [3.05, 3.63) is 95.0 Å². The van der Waals surface area contributed by atoms with Crippen molar-refractivity contribution in [1.82, 2.24) is 19.8 Å². The number of halogens is 2. The zero-order valence-corrected chi connectivity index (χ0v) is 26.9. The Morgan fingerprint density at radius 2 is 1.87 bits per heavy atom. The van der Waals surface area contributed by atoms with Crippen LogP contribution in [-0.4, -0.2) is 88.1 Å². The fraction of sp³-hybridized carbons (Fsp3) is 0.353. The number of carbonyl (C=O) groups excluding carboxylic acids is 3. The van der Waals surface area contributed by atoms with Gasteiger partial charge in [0.2, 0.25) is 0 Å². The number of nitrogens with one attached hydrogen (secondary N) is 1. The molecule has 0 saturated carbocycles. The van der Waals surface area contributed by atoms with Gasteiger partial charge in [-0.15, -0.1) is 0 Å². The maximum atomic E-state index is 14.3. The van der Waals surface area contributed by atoms with E-state index in [1.807, 2.05) is 6.92 Å². The first-order valence-corrected chi connectivity index (χ1v) is 14.8. The SMILES string of the molecule is C=CC(=O)[N+]1=C(C)CN(C[C@@H](Oc2cnc(C(=O)Nc3ncc(C(=O)N(C)C)cc3C)c(C)c2)c2cccc(C(C)(F)F)c2)CC1. The van der Waals surface area contributed by atoms with Crippen molar-refractivity contribution in [2.24, 2.45) is 0 Å². The van der Waals surface area contributed by atoms with Gasteiger partial charge in [0, 0.05) is 52.3 Å². The number of rotatable bonds is 10. The largest absolute Gasteiger partial charge is 0.483 e. The molecule has 1 aliphatic rings. The Kier molecular flexibility index (Phi) is 10.4. The van der Waals surface area contributed by atoms with E-state index in [1.54, 1.807) is 56.8 Å². The molecule has 0 radical (unpaired) electrons. The van der Waals surface area contributed by atoms with E-state index < -0.39 is 17.9 Å². The standard InChI is InChI=1S/C34H38F2N6O4/c1-8-29(43)42-13-12-41(19-23(42)4)20-28(24-10-9-11-26(16-24)34(5,35)36)46-27-15-21(2)30(37-18-27)32(44)39-31-22(3)14-25(17-38-31)33(45)40(6)7/h8-11,14-18,28H,1,12-13,19-20H2,2-7H3/p+1/t28-/m1/s1. The van der Waals surface area contributed by atoms with Crippen LogP contribution in [0.25, 0.3) is 0 Å². The average molecular weight is 634 g/mol. The van der Waals surface area contributed by atoms with Gasteiger partial charge in [-0.05, 0) is 48.7 Å². The summed E-state index contributed by atoms with van der Waals surface area (Å²) in [4.78, 5) is 49.8. The zero-order valence-electron chi connectivity index (χ0n) is 26.9. The lowest BCUT2D eigenvalue weighted by molar-refractivity contribution is -0.451. The van der Waals surface area contributed by atoms with E-state index in [4.69, 9.17) is 4.74 Å². The molecule has 3 heterocycles. The minimum atomic E-state index is -3.04. The van der Waals surface area contributed by atoms with Crippen molar-refractivity contribution in [3.8, 4) is 5.75 Å². The molecule has 0 bridgehead atoms.